The number of rotatable bonds is 10. The maximum atomic E-state index is 12.5. The highest BCUT2D eigenvalue weighted by atomic mass is 16.5. The van der Waals surface area contributed by atoms with Crippen LogP contribution in [0.3, 0.4) is 0 Å². The summed E-state index contributed by atoms with van der Waals surface area (Å²) < 4.78 is 11.2. The lowest BCUT2D eigenvalue weighted by molar-refractivity contribution is -0.145. The summed E-state index contributed by atoms with van der Waals surface area (Å²) in [5.41, 5.74) is 0.939. The summed E-state index contributed by atoms with van der Waals surface area (Å²) in [5.74, 6) is 0.702. The van der Waals surface area contributed by atoms with Gasteiger partial charge >= 0.3 is 11.9 Å². The molecule has 0 radical (unpaired) electrons. The van der Waals surface area contributed by atoms with Crippen LogP contribution in [-0.4, -0.2) is 11.9 Å². The maximum absolute atomic E-state index is 12.5. The van der Waals surface area contributed by atoms with Gasteiger partial charge in [0.2, 0.25) is 0 Å². The van der Waals surface area contributed by atoms with Gasteiger partial charge in [0.15, 0.2) is 0 Å². The van der Waals surface area contributed by atoms with Gasteiger partial charge in [-0.3, -0.25) is 9.59 Å². The predicted molar refractivity (Wildman–Crippen MR) is 134 cm³/mol. The van der Waals surface area contributed by atoms with Gasteiger partial charge in [0.05, 0.1) is 10.8 Å². The minimum atomic E-state index is -0.496. The van der Waals surface area contributed by atoms with Gasteiger partial charge in [0.25, 0.3) is 0 Å². The molecule has 0 bridgehead atoms. The third-order valence-electron chi connectivity index (χ3n) is 6.43. The summed E-state index contributed by atoms with van der Waals surface area (Å²) in [5, 5.41) is 0. The molecule has 0 saturated carbocycles. The van der Waals surface area contributed by atoms with Crippen molar-refractivity contribution in [3.63, 3.8) is 0 Å². The summed E-state index contributed by atoms with van der Waals surface area (Å²) in [6, 6.07) is 15.4. The highest BCUT2D eigenvalue weighted by Gasteiger charge is 2.30. The molecular weight excluding hydrogens is 412 g/mol. The van der Waals surface area contributed by atoms with E-state index in [0.29, 0.717) is 11.5 Å². The van der Waals surface area contributed by atoms with Crippen LogP contribution in [0.4, 0.5) is 0 Å². The van der Waals surface area contributed by atoms with Gasteiger partial charge in [-0.25, -0.2) is 0 Å². The minimum Gasteiger partial charge on any atom is -0.426 e. The molecule has 0 aliphatic rings. The van der Waals surface area contributed by atoms with Crippen molar-refractivity contribution in [2.45, 2.75) is 86.5 Å². The Bertz CT molecular complexity index is 857. The molecule has 4 nitrogen and oxygen atoms in total. The summed E-state index contributed by atoms with van der Waals surface area (Å²) in [4.78, 5) is 25.0. The fraction of sp³-hybridized carbons (Fsp3) is 0.517. The van der Waals surface area contributed by atoms with E-state index in [9.17, 15) is 9.59 Å². The zero-order valence-electron chi connectivity index (χ0n) is 21.6. The van der Waals surface area contributed by atoms with Gasteiger partial charge in [0, 0.05) is 5.41 Å². The SMILES string of the molecule is CCCC(C)(C)C(=O)Oc1ccc(C(C)(C)c2ccc(OC(=O)C(C)(C)CCC)cc2)cc1. The number of hydrogen-bond acceptors (Lipinski definition) is 4. The zero-order chi connectivity index (χ0) is 24.9. The first-order valence-corrected chi connectivity index (χ1v) is 12.0. The fourth-order valence-corrected chi connectivity index (χ4v) is 3.99. The molecule has 0 aromatic heterocycles. The molecule has 0 atom stereocenters. The normalized spacial score (nSPS) is 12.4. The molecule has 0 aliphatic carbocycles. The number of carbonyl (C=O) groups excluding carboxylic acids is 2. The Morgan fingerprint density at radius 3 is 1.18 bits per heavy atom. The van der Waals surface area contributed by atoms with Crippen LogP contribution >= 0.6 is 0 Å². The molecule has 0 amide bonds. The lowest BCUT2D eigenvalue weighted by Gasteiger charge is -2.27. The van der Waals surface area contributed by atoms with E-state index >= 15 is 0 Å². The van der Waals surface area contributed by atoms with E-state index in [4.69, 9.17) is 9.47 Å². The van der Waals surface area contributed by atoms with Gasteiger partial charge in [-0.15, -0.1) is 0 Å². The highest BCUT2D eigenvalue weighted by molar-refractivity contribution is 5.78. The van der Waals surface area contributed by atoms with Crippen LogP contribution in [-0.2, 0) is 15.0 Å². The van der Waals surface area contributed by atoms with Crippen LogP contribution in [0.1, 0.15) is 92.2 Å². The predicted octanol–water partition coefficient (Wildman–Crippen LogP) is 7.48. The second-order valence-corrected chi connectivity index (χ2v) is 10.7. The summed E-state index contributed by atoms with van der Waals surface area (Å²) in [6.07, 6.45) is 3.45. The Labute approximate surface area is 199 Å². The van der Waals surface area contributed by atoms with Crippen molar-refractivity contribution in [2.24, 2.45) is 10.8 Å². The first kappa shape index (κ1) is 26.6. The van der Waals surface area contributed by atoms with Crippen molar-refractivity contribution in [3.05, 3.63) is 59.7 Å². The Morgan fingerprint density at radius 1 is 0.606 bits per heavy atom. The Kier molecular flexibility index (Phi) is 8.51. The quantitative estimate of drug-likeness (QED) is 0.277. The largest absolute Gasteiger partial charge is 0.426 e. The molecule has 0 fully saturated rings. The van der Waals surface area contributed by atoms with E-state index in [2.05, 4.69) is 27.7 Å². The van der Waals surface area contributed by atoms with Crippen LogP contribution in [0, 0.1) is 10.8 Å². The lowest BCUT2D eigenvalue weighted by Crippen LogP contribution is -2.29. The van der Waals surface area contributed by atoms with Crippen LogP contribution in [0.15, 0.2) is 48.5 Å². The number of carbonyl (C=O) groups is 2. The zero-order valence-corrected chi connectivity index (χ0v) is 21.6. The standard InChI is InChI=1S/C29H40O4/c1-9-19-27(3,4)25(30)32-23-15-11-21(12-16-23)29(7,8)22-13-17-24(18-14-22)33-26(31)28(5,6)20-10-2/h11-18H,9-10,19-20H2,1-8H3. The van der Waals surface area contributed by atoms with Crippen molar-refractivity contribution < 1.29 is 19.1 Å². The summed E-state index contributed by atoms with van der Waals surface area (Å²) in [6.45, 7) is 16.1. The smallest absolute Gasteiger partial charge is 0.316 e. The molecule has 2 aromatic carbocycles. The van der Waals surface area contributed by atoms with E-state index in [0.717, 1.165) is 36.8 Å². The van der Waals surface area contributed by atoms with Crippen LogP contribution in [0.25, 0.3) is 0 Å². The third kappa shape index (κ3) is 6.69. The first-order chi connectivity index (χ1) is 15.3. The minimum absolute atomic E-state index is 0.205. The second-order valence-electron chi connectivity index (χ2n) is 10.7. The average molecular weight is 453 g/mol. The molecule has 0 N–H and O–H groups in total. The molecule has 0 aliphatic heterocycles. The van der Waals surface area contributed by atoms with E-state index in [1.165, 1.54) is 0 Å². The van der Waals surface area contributed by atoms with E-state index in [1.54, 1.807) is 0 Å². The molecule has 180 valence electrons. The van der Waals surface area contributed by atoms with Crippen LogP contribution < -0.4 is 9.47 Å². The van der Waals surface area contributed by atoms with Crippen molar-refractivity contribution in [1.29, 1.82) is 0 Å². The van der Waals surface area contributed by atoms with Gasteiger partial charge in [-0.2, -0.15) is 0 Å². The van der Waals surface area contributed by atoms with Gasteiger partial charge in [-0.05, 0) is 75.9 Å². The van der Waals surface area contributed by atoms with Crippen LogP contribution in [0.2, 0.25) is 0 Å². The molecule has 0 spiro atoms. The van der Waals surface area contributed by atoms with Crippen molar-refractivity contribution in [2.75, 3.05) is 0 Å². The summed E-state index contributed by atoms with van der Waals surface area (Å²) >= 11 is 0. The Hall–Kier alpha value is -2.62. The van der Waals surface area contributed by atoms with E-state index < -0.39 is 10.8 Å². The molecule has 0 heterocycles. The third-order valence-corrected chi connectivity index (χ3v) is 6.43. The van der Waals surface area contributed by atoms with E-state index in [-0.39, 0.29) is 17.4 Å². The fourth-order valence-electron chi connectivity index (χ4n) is 3.99. The number of hydrogen-bond donors (Lipinski definition) is 0. The number of esters is 2. The molecule has 33 heavy (non-hydrogen) atoms. The lowest BCUT2D eigenvalue weighted by atomic mass is 9.78. The van der Waals surface area contributed by atoms with E-state index in [1.807, 2.05) is 76.2 Å². The average Bonchev–Trinajstić information content (AvgIpc) is 2.74. The first-order valence-electron chi connectivity index (χ1n) is 12.0. The highest BCUT2D eigenvalue weighted by Crippen LogP contribution is 2.34. The molecule has 2 aromatic rings. The monoisotopic (exact) mass is 452 g/mol. The second kappa shape index (κ2) is 10.5. The molecule has 4 heteroatoms. The molecule has 0 saturated heterocycles. The maximum Gasteiger partial charge on any atom is 0.316 e. The molecule has 0 unspecified atom stereocenters. The Balaban J connectivity index is 2.11. The van der Waals surface area contributed by atoms with Crippen molar-refractivity contribution in [3.8, 4) is 11.5 Å². The number of ether oxygens (including phenoxy) is 2. The summed E-state index contributed by atoms with van der Waals surface area (Å²) in [7, 11) is 0. The number of benzene rings is 2. The topological polar surface area (TPSA) is 52.6 Å². The van der Waals surface area contributed by atoms with Crippen molar-refractivity contribution in [1.82, 2.24) is 0 Å². The Morgan fingerprint density at radius 2 is 0.909 bits per heavy atom. The van der Waals surface area contributed by atoms with Gasteiger partial charge in [0.1, 0.15) is 11.5 Å². The van der Waals surface area contributed by atoms with Gasteiger partial charge in [-0.1, -0.05) is 64.8 Å². The van der Waals surface area contributed by atoms with Gasteiger partial charge < -0.3 is 9.47 Å². The van der Waals surface area contributed by atoms with Crippen molar-refractivity contribution >= 4 is 11.9 Å². The molecular formula is C29H40O4. The molecule has 2 rings (SSSR count). The van der Waals surface area contributed by atoms with Crippen LogP contribution in [0.5, 0.6) is 11.5 Å².